The van der Waals surface area contributed by atoms with Gasteiger partial charge in [0.25, 0.3) is 0 Å². The molecule has 1 saturated heterocycles. The Morgan fingerprint density at radius 1 is 1.40 bits per heavy atom. The summed E-state index contributed by atoms with van der Waals surface area (Å²) >= 11 is 0. The maximum absolute atomic E-state index is 13.0. The zero-order chi connectivity index (χ0) is 18.8. The summed E-state index contributed by atoms with van der Waals surface area (Å²) in [7, 11) is 2.09. The molecule has 0 saturated carbocycles. The van der Waals surface area contributed by atoms with Crippen LogP contribution in [0, 0.1) is 0 Å². The highest BCUT2D eigenvalue weighted by Crippen LogP contribution is 2.31. The minimum Gasteiger partial charge on any atom is -0.374 e. The minimum absolute atomic E-state index is 0.0176. The van der Waals surface area contributed by atoms with Gasteiger partial charge in [0, 0.05) is 37.6 Å². The molecular weight excluding hydrogens is 327 g/mol. The van der Waals surface area contributed by atoms with Crippen LogP contribution in [0.4, 0.5) is 13.2 Å². The number of allylic oxidation sites excluding steroid dienone is 3. The second kappa shape index (κ2) is 7.58. The van der Waals surface area contributed by atoms with Gasteiger partial charge in [0.2, 0.25) is 0 Å². The number of likely N-dealkylation sites (N-methyl/N-ethyl adjacent to an activating group) is 1. The molecule has 0 aromatic carbocycles. The first kappa shape index (κ1) is 19.5. The SMILES string of the molecule is C=C(/C=C\C1=C(C)N(C)[C@H]2CCN1C2)C(=C)NC(CCC)C(F)(F)F. The number of rotatable bonds is 7. The largest absolute Gasteiger partial charge is 0.408 e. The lowest BCUT2D eigenvalue weighted by Gasteiger charge is -2.36. The summed E-state index contributed by atoms with van der Waals surface area (Å²) in [4.78, 5) is 4.59. The second-order valence-corrected chi connectivity index (χ2v) is 6.83. The van der Waals surface area contributed by atoms with Crippen molar-refractivity contribution in [2.45, 2.75) is 51.4 Å². The molecule has 3 nitrogen and oxygen atoms in total. The van der Waals surface area contributed by atoms with Gasteiger partial charge in [-0.2, -0.15) is 13.2 Å². The van der Waals surface area contributed by atoms with E-state index in [1.54, 1.807) is 13.0 Å². The molecule has 25 heavy (non-hydrogen) atoms. The van der Waals surface area contributed by atoms with Gasteiger partial charge < -0.3 is 15.1 Å². The van der Waals surface area contributed by atoms with Crippen LogP contribution >= 0.6 is 0 Å². The Labute approximate surface area is 148 Å². The van der Waals surface area contributed by atoms with E-state index >= 15 is 0 Å². The summed E-state index contributed by atoms with van der Waals surface area (Å²) in [5.74, 6) is 0. The van der Waals surface area contributed by atoms with E-state index in [0.717, 1.165) is 25.2 Å². The first-order chi connectivity index (χ1) is 11.6. The Morgan fingerprint density at radius 2 is 2.08 bits per heavy atom. The minimum atomic E-state index is -4.29. The molecule has 2 atom stereocenters. The molecule has 0 spiro atoms. The van der Waals surface area contributed by atoms with Crippen LogP contribution in [-0.4, -0.2) is 48.2 Å². The molecule has 0 aromatic heterocycles. The number of halogens is 3. The van der Waals surface area contributed by atoms with Crippen LogP contribution in [0.25, 0.3) is 0 Å². The zero-order valence-electron chi connectivity index (χ0n) is 15.3. The van der Waals surface area contributed by atoms with Crippen molar-refractivity contribution in [1.82, 2.24) is 15.1 Å². The van der Waals surface area contributed by atoms with Gasteiger partial charge in [-0.15, -0.1) is 0 Å². The predicted octanol–water partition coefficient (Wildman–Crippen LogP) is 4.18. The quantitative estimate of drug-likeness (QED) is 0.691. The third-order valence-corrected chi connectivity index (χ3v) is 5.10. The Balaban J connectivity index is 2.04. The van der Waals surface area contributed by atoms with Gasteiger partial charge in [-0.3, -0.25) is 0 Å². The van der Waals surface area contributed by atoms with E-state index in [4.69, 9.17) is 0 Å². The highest BCUT2D eigenvalue weighted by molar-refractivity contribution is 5.39. The number of nitrogens with zero attached hydrogens (tertiary/aromatic N) is 2. The van der Waals surface area contributed by atoms with Crippen LogP contribution in [0.15, 0.2) is 48.0 Å². The molecule has 2 heterocycles. The fourth-order valence-corrected chi connectivity index (χ4v) is 3.38. The molecule has 0 aromatic rings. The Morgan fingerprint density at radius 3 is 2.68 bits per heavy atom. The lowest BCUT2D eigenvalue weighted by Crippen LogP contribution is -2.41. The van der Waals surface area contributed by atoms with E-state index < -0.39 is 12.2 Å². The molecule has 1 fully saturated rings. The monoisotopic (exact) mass is 355 g/mol. The molecule has 140 valence electrons. The van der Waals surface area contributed by atoms with Crippen molar-refractivity contribution in [1.29, 1.82) is 0 Å². The summed E-state index contributed by atoms with van der Waals surface area (Å²) in [6.45, 7) is 13.4. The smallest absolute Gasteiger partial charge is 0.374 e. The third kappa shape index (κ3) is 4.41. The summed E-state index contributed by atoms with van der Waals surface area (Å²) in [6, 6.07) is -1.03. The zero-order valence-corrected chi connectivity index (χ0v) is 15.3. The highest BCUT2D eigenvalue weighted by atomic mass is 19.4. The third-order valence-electron chi connectivity index (χ3n) is 5.10. The second-order valence-electron chi connectivity index (χ2n) is 6.83. The maximum atomic E-state index is 13.0. The molecule has 0 aliphatic carbocycles. The average Bonchev–Trinajstić information content (AvgIpc) is 2.97. The number of hydrogen-bond acceptors (Lipinski definition) is 3. The molecule has 1 N–H and O–H groups in total. The number of hydrogen-bond donors (Lipinski definition) is 1. The van der Waals surface area contributed by atoms with Crippen molar-refractivity contribution >= 4 is 0 Å². The van der Waals surface area contributed by atoms with Gasteiger partial charge in [0.1, 0.15) is 6.04 Å². The Kier molecular flexibility index (Phi) is 5.91. The lowest BCUT2D eigenvalue weighted by atomic mass is 10.1. The van der Waals surface area contributed by atoms with Crippen molar-refractivity contribution in [3.05, 3.63) is 48.0 Å². The van der Waals surface area contributed by atoms with Crippen molar-refractivity contribution in [2.24, 2.45) is 0 Å². The van der Waals surface area contributed by atoms with Crippen molar-refractivity contribution in [3.8, 4) is 0 Å². The average molecular weight is 355 g/mol. The first-order valence-electron chi connectivity index (χ1n) is 8.73. The van der Waals surface area contributed by atoms with E-state index in [1.165, 1.54) is 5.70 Å². The fourth-order valence-electron chi connectivity index (χ4n) is 3.38. The van der Waals surface area contributed by atoms with E-state index in [-0.39, 0.29) is 12.1 Å². The normalized spacial score (nSPS) is 21.9. The molecule has 2 rings (SSSR count). The van der Waals surface area contributed by atoms with Crippen LogP contribution in [0.2, 0.25) is 0 Å². The van der Waals surface area contributed by atoms with E-state index in [9.17, 15) is 13.2 Å². The van der Waals surface area contributed by atoms with Gasteiger partial charge in [0.05, 0.1) is 5.70 Å². The summed E-state index contributed by atoms with van der Waals surface area (Å²) < 4.78 is 39.1. The molecule has 6 heteroatoms. The van der Waals surface area contributed by atoms with Crippen LogP contribution in [0.5, 0.6) is 0 Å². The molecule has 1 unspecified atom stereocenters. The lowest BCUT2D eigenvalue weighted by molar-refractivity contribution is -0.155. The summed E-state index contributed by atoms with van der Waals surface area (Å²) in [5, 5.41) is 2.49. The molecule has 0 radical (unpaired) electrons. The summed E-state index contributed by atoms with van der Waals surface area (Å²) in [5.41, 5.74) is 2.96. The van der Waals surface area contributed by atoms with Gasteiger partial charge in [-0.1, -0.05) is 32.6 Å². The van der Waals surface area contributed by atoms with Crippen LogP contribution < -0.4 is 5.32 Å². The van der Waals surface area contributed by atoms with Crippen molar-refractivity contribution in [3.63, 3.8) is 0 Å². The van der Waals surface area contributed by atoms with E-state index in [1.807, 2.05) is 6.08 Å². The van der Waals surface area contributed by atoms with Crippen LogP contribution in [0.1, 0.15) is 33.1 Å². The molecule has 2 aliphatic heterocycles. The number of fused-ring (bicyclic) bond motifs is 2. The first-order valence-corrected chi connectivity index (χ1v) is 8.73. The maximum Gasteiger partial charge on any atom is 0.408 e. The van der Waals surface area contributed by atoms with Gasteiger partial charge in [0.15, 0.2) is 0 Å². The Hall–Kier alpha value is -1.85. The standard InChI is InChI=1S/C19H28F3N3/c1-6-7-18(19(20,21)22)23-14(3)13(2)8-9-17-15(4)24(5)16-10-11-25(17)12-16/h8-9,16,18,23H,2-3,6-7,10-12H2,1,4-5H3/b9-8-/t16-,18?/m0/s1. The number of alkyl halides is 3. The van der Waals surface area contributed by atoms with E-state index in [2.05, 4.69) is 42.2 Å². The molecule has 2 aliphatic rings. The van der Waals surface area contributed by atoms with Gasteiger partial charge in [-0.05, 0) is 31.4 Å². The molecular formula is C19H28F3N3. The molecule has 2 bridgehead atoms. The van der Waals surface area contributed by atoms with Crippen molar-refractivity contribution < 1.29 is 13.2 Å². The topological polar surface area (TPSA) is 18.5 Å². The van der Waals surface area contributed by atoms with Gasteiger partial charge >= 0.3 is 6.18 Å². The number of nitrogens with one attached hydrogen (secondary N) is 1. The summed E-state index contributed by atoms with van der Waals surface area (Å²) in [6.07, 6.45) is 0.986. The van der Waals surface area contributed by atoms with E-state index in [0.29, 0.717) is 18.0 Å². The van der Waals surface area contributed by atoms with Crippen LogP contribution in [0.3, 0.4) is 0 Å². The Bertz CT molecular complexity index is 589. The van der Waals surface area contributed by atoms with Gasteiger partial charge in [-0.25, -0.2) is 0 Å². The molecule has 0 amide bonds. The van der Waals surface area contributed by atoms with Crippen molar-refractivity contribution in [2.75, 3.05) is 20.1 Å². The highest BCUT2D eigenvalue weighted by Gasteiger charge is 2.39. The fraction of sp³-hybridized carbons (Fsp3) is 0.579. The predicted molar refractivity (Wildman–Crippen MR) is 95.7 cm³/mol. The van der Waals surface area contributed by atoms with Crippen LogP contribution in [-0.2, 0) is 0 Å².